The maximum atomic E-state index is 10.7. The summed E-state index contributed by atoms with van der Waals surface area (Å²) in [5.74, 6) is -0.756. The van der Waals surface area contributed by atoms with Crippen molar-refractivity contribution in [3.63, 3.8) is 0 Å². The number of nitrogens with one attached hydrogen (secondary N) is 2. The molecule has 1 aliphatic heterocycles. The number of carbonyl (C=O) groups is 1. The topological polar surface area (TPSA) is 70.6 Å². The zero-order valence-corrected chi connectivity index (χ0v) is 9.38. The van der Waals surface area contributed by atoms with E-state index in [9.17, 15) is 4.79 Å². The summed E-state index contributed by atoms with van der Waals surface area (Å²) in [6.07, 6.45) is 0.292. The van der Waals surface area contributed by atoms with Gasteiger partial charge in [-0.1, -0.05) is 0 Å². The molecule has 1 heterocycles. The highest BCUT2D eigenvalue weighted by atomic mass is 16.5. The highest BCUT2D eigenvalue weighted by Gasteiger charge is 2.38. The van der Waals surface area contributed by atoms with Crippen LogP contribution in [0.4, 0.5) is 0 Å². The second-order valence-corrected chi connectivity index (χ2v) is 4.10. The van der Waals surface area contributed by atoms with E-state index >= 15 is 0 Å². The average molecular weight is 216 g/mol. The molecule has 1 atom stereocenters. The molecule has 5 nitrogen and oxygen atoms in total. The van der Waals surface area contributed by atoms with Crippen LogP contribution in [0.2, 0.25) is 0 Å². The predicted octanol–water partition coefficient (Wildman–Crippen LogP) is -0.182. The molecule has 0 bridgehead atoms. The number of ether oxygens (including phenoxy) is 1. The van der Waals surface area contributed by atoms with Gasteiger partial charge in [0.1, 0.15) is 0 Å². The van der Waals surface area contributed by atoms with Gasteiger partial charge in [-0.3, -0.25) is 4.79 Å². The minimum absolute atomic E-state index is 0.126. The van der Waals surface area contributed by atoms with E-state index in [1.165, 1.54) is 0 Å². The fourth-order valence-electron chi connectivity index (χ4n) is 1.73. The van der Waals surface area contributed by atoms with E-state index in [0.29, 0.717) is 13.2 Å². The highest BCUT2D eigenvalue weighted by Crippen LogP contribution is 2.15. The molecule has 0 amide bonds. The Bertz CT molecular complexity index is 217. The fraction of sp³-hybridized carbons (Fsp3) is 0.900. The minimum Gasteiger partial charge on any atom is -0.481 e. The van der Waals surface area contributed by atoms with Crippen molar-refractivity contribution in [2.45, 2.75) is 31.9 Å². The molecule has 1 fully saturated rings. The van der Waals surface area contributed by atoms with Crippen molar-refractivity contribution in [1.82, 2.24) is 10.6 Å². The second kappa shape index (κ2) is 5.44. The van der Waals surface area contributed by atoms with Gasteiger partial charge in [-0.05, 0) is 13.8 Å². The van der Waals surface area contributed by atoms with E-state index in [1.807, 2.05) is 13.8 Å². The molecule has 0 radical (unpaired) electrons. The third-order valence-electron chi connectivity index (χ3n) is 2.63. The van der Waals surface area contributed by atoms with Gasteiger partial charge in [-0.15, -0.1) is 0 Å². The second-order valence-electron chi connectivity index (χ2n) is 4.10. The van der Waals surface area contributed by atoms with Crippen molar-refractivity contribution in [3.05, 3.63) is 0 Å². The van der Waals surface area contributed by atoms with Crippen molar-refractivity contribution in [3.8, 4) is 0 Å². The highest BCUT2D eigenvalue weighted by molar-refractivity contribution is 5.68. The molecule has 1 aliphatic rings. The van der Waals surface area contributed by atoms with Gasteiger partial charge < -0.3 is 20.5 Å². The van der Waals surface area contributed by atoms with Crippen LogP contribution in [-0.2, 0) is 9.53 Å². The molecular formula is C10H20N2O3. The molecule has 1 saturated heterocycles. The third-order valence-corrected chi connectivity index (χ3v) is 2.63. The van der Waals surface area contributed by atoms with Gasteiger partial charge in [0.05, 0.1) is 18.1 Å². The van der Waals surface area contributed by atoms with Gasteiger partial charge in [-0.25, -0.2) is 0 Å². The molecule has 0 aromatic rings. The Hall–Kier alpha value is -0.650. The van der Waals surface area contributed by atoms with E-state index in [0.717, 1.165) is 13.1 Å². The van der Waals surface area contributed by atoms with Gasteiger partial charge in [0, 0.05) is 26.2 Å². The molecule has 3 N–H and O–H groups in total. The Balaban J connectivity index is 2.30. The summed E-state index contributed by atoms with van der Waals surface area (Å²) >= 11 is 0. The van der Waals surface area contributed by atoms with Gasteiger partial charge in [0.25, 0.3) is 0 Å². The van der Waals surface area contributed by atoms with Crippen molar-refractivity contribution in [1.29, 1.82) is 0 Å². The summed E-state index contributed by atoms with van der Waals surface area (Å²) in [7, 11) is 0. The lowest BCUT2D eigenvalue weighted by molar-refractivity contribution is -0.139. The standard InChI is InChI=1S/C10H20N2O3/c1-3-15-8(2)5-12-10(4-9(13)14)6-11-7-10/h8,11-12H,3-7H2,1-2H3,(H,13,14). The third kappa shape index (κ3) is 3.77. The molecule has 1 unspecified atom stereocenters. The summed E-state index contributed by atoms with van der Waals surface area (Å²) in [6.45, 7) is 6.76. The molecule has 0 saturated carbocycles. The van der Waals surface area contributed by atoms with Crippen LogP contribution in [0.1, 0.15) is 20.3 Å². The summed E-state index contributed by atoms with van der Waals surface area (Å²) < 4.78 is 5.38. The maximum absolute atomic E-state index is 10.7. The first kappa shape index (κ1) is 12.4. The zero-order valence-electron chi connectivity index (χ0n) is 9.38. The Labute approximate surface area is 90.2 Å². The van der Waals surface area contributed by atoms with E-state index in [-0.39, 0.29) is 18.1 Å². The lowest BCUT2D eigenvalue weighted by Gasteiger charge is -2.43. The number of hydrogen-bond donors (Lipinski definition) is 3. The average Bonchev–Trinajstić information content (AvgIpc) is 2.09. The van der Waals surface area contributed by atoms with Crippen LogP contribution in [0, 0.1) is 0 Å². The van der Waals surface area contributed by atoms with Crippen LogP contribution in [0.5, 0.6) is 0 Å². The molecule has 0 spiro atoms. The first-order valence-electron chi connectivity index (χ1n) is 5.37. The molecule has 0 aromatic carbocycles. The van der Waals surface area contributed by atoms with Crippen LogP contribution in [0.25, 0.3) is 0 Å². The summed E-state index contributed by atoms with van der Waals surface area (Å²) in [5, 5.41) is 15.2. The monoisotopic (exact) mass is 216 g/mol. The molecule has 88 valence electrons. The lowest BCUT2D eigenvalue weighted by Crippen LogP contribution is -2.69. The van der Waals surface area contributed by atoms with Gasteiger partial charge >= 0.3 is 5.97 Å². The normalized spacial score (nSPS) is 20.7. The first-order valence-corrected chi connectivity index (χ1v) is 5.37. The number of hydrogen-bond acceptors (Lipinski definition) is 4. The van der Waals surface area contributed by atoms with Crippen molar-refractivity contribution in [2.24, 2.45) is 0 Å². The van der Waals surface area contributed by atoms with E-state index in [1.54, 1.807) is 0 Å². The number of carboxylic acids is 1. The predicted molar refractivity (Wildman–Crippen MR) is 56.9 cm³/mol. The van der Waals surface area contributed by atoms with Crippen molar-refractivity contribution >= 4 is 5.97 Å². The van der Waals surface area contributed by atoms with E-state index in [4.69, 9.17) is 9.84 Å². The Morgan fingerprint density at radius 2 is 2.33 bits per heavy atom. The fourth-order valence-corrected chi connectivity index (χ4v) is 1.73. The van der Waals surface area contributed by atoms with Crippen LogP contribution in [0.3, 0.4) is 0 Å². The summed E-state index contributed by atoms with van der Waals surface area (Å²) in [6, 6.07) is 0. The number of carboxylic acid groups (broad SMARTS) is 1. The largest absolute Gasteiger partial charge is 0.481 e. The SMILES string of the molecule is CCOC(C)CNC1(CC(=O)O)CNC1. The van der Waals surface area contributed by atoms with Gasteiger partial charge in [-0.2, -0.15) is 0 Å². The van der Waals surface area contributed by atoms with Crippen LogP contribution in [0.15, 0.2) is 0 Å². The number of aliphatic carboxylic acids is 1. The van der Waals surface area contributed by atoms with E-state index in [2.05, 4.69) is 10.6 Å². The molecule has 1 rings (SSSR count). The molecule has 5 heteroatoms. The zero-order chi connectivity index (χ0) is 11.3. The first-order chi connectivity index (χ1) is 7.08. The molecule has 15 heavy (non-hydrogen) atoms. The maximum Gasteiger partial charge on any atom is 0.305 e. The summed E-state index contributed by atoms with van der Waals surface area (Å²) in [4.78, 5) is 10.7. The molecule has 0 aliphatic carbocycles. The van der Waals surface area contributed by atoms with Gasteiger partial charge in [0.15, 0.2) is 0 Å². The lowest BCUT2D eigenvalue weighted by atomic mass is 9.88. The van der Waals surface area contributed by atoms with E-state index < -0.39 is 5.97 Å². The minimum atomic E-state index is -0.756. The number of rotatable bonds is 7. The molecular weight excluding hydrogens is 196 g/mol. The Kier molecular flexibility index (Phi) is 4.50. The van der Waals surface area contributed by atoms with Crippen LogP contribution >= 0.6 is 0 Å². The van der Waals surface area contributed by atoms with Gasteiger partial charge in [0.2, 0.25) is 0 Å². The Morgan fingerprint density at radius 3 is 2.73 bits per heavy atom. The van der Waals surface area contributed by atoms with Crippen molar-refractivity contribution < 1.29 is 14.6 Å². The quantitative estimate of drug-likeness (QED) is 0.550. The smallest absolute Gasteiger partial charge is 0.305 e. The Morgan fingerprint density at radius 1 is 1.67 bits per heavy atom. The summed E-state index contributed by atoms with van der Waals surface area (Å²) in [5.41, 5.74) is -0.267. The van der Waals surface area contributed by atoms with Crippen molar-refractivity contribution in [2.75, 3.05) is 26.2 Å². The molecule has 0 aromatic heterocycles. The van der Waals surface area contributed by atoms with Crippen LogP contribution < -0.4 is 10.6 Å². The van der Waals surface area contributed by atoms with Crippen LogP contribution in [-0.4, -0.2) is 49.0 Å².